The number of halogens is 1. The lowest BCUT2D eigenvalue weighted by Gasteiger charge is -2.41. The summed E-state index contributed by atoms with van der Waals surface area (Å²) in [7, 11) is 1.62. The van der Waals surface area contributed by atoms with Gasteiger partial charge in [0, 0.05) is 53.9 Å². The van der Waals surface area contributed by atoms with Gasteiger partial charge in [-0.1, -0.05) is 54.1 Å². The molecule has 6 nitrogen and oxygen atoms in total. The van der Waals surface area contributed by atoms with Gasteiger partial charge < -0.3 is 14.8 Å². The van der Waals surface area contributed by atoms with Crippen LogP contribution in [0.2, 0.25) is 5.02 Å². The highest BCUT2D eigenvalue weighted by atomic mass is 35.5. The fourth-order valence-corrected chi connectivity index (χ4v) is 5.23. The molecule has 2 atom stereocenters. The van der Waals surface area contributed by atoms with Crippen molar-refractivity contribution in [2.24, 2.45) is 0 Å². The quantitative estimate of drug-likeness (QED) is 0.365. The third-order valence-corrected chi connectivity index (χ3v) is 7.08. The summed E-state index contributed by atoms with van der Waals surface area (Å²) in [6, 6.07) is 23.5. The zero-order chi connectivity index (χ0) is 24.4. The minimum absolute atomic E-state index is 0.0799. The highest BCUT2D eigenvalue weighted by Crippen LogP contribution is 2.34. The van der Waals surface area contributed by atoms with Crippen molar-refractivity contribution in [2.75, 3.05) is 33.3 Å². The Morgan fingerprint density at radius 1 is 0.943 bits per heavy atom. The molecule has 0 unspecified atom stereocenters. The van der Waals surface area contributed by atoms with Gasteiger partial charge in [-0.05, 0) is 41.5 Å². The fraction of sp³-hybridized carbons (Fsp3) is 0.250. The zero-order valence-corrected chi connectivity index (χ0v) is 20.3. The molecule has 0 bridgehead atoms. The summed E-state index contributed by atoms with van der Waals surface area (Å²) < 4.78 is 5.37. The number of fused-ring (bicyclic) bond motifs is 1. The van der Waals surface area contributed by atoms with E-state index >= 15 is 0 Å². The number of ether oxygens (including phenoxy) is 1. The van der Waals surface area contributed by atoms with Gasteiger partial charge in [0.25, 0.3) is 0 Å². The fourth-order valence-electron chi connectivity index (χ4n) is 5.11. The molecule has 1 aliphatic heterocycles. The Balaban J connectivity index is 1.40. The van der Waals surface area contributed by atoms with E-state index in [1.54, 1.807) is 7.11 Å². The second kappa shape index (κ2) is 10.1. The molecule has 1 saturated heterocycles. The number of carboxylic acids is 1. The number of nitrogens with zero attached hydrogens (tertiary/aromatic N) is 2. The number of hydrogen-bond acceptors (Lipinski definition) is 4. The van der Waals surface area contributed by atoms with Crippen LogP contribution >= 0.6 is 11.6 Å². The summed E-state index contributed by atoms with van der Waals surface area (Å²) >= 11 is 6.15. The van der Waals surface area contributed by atoms with Gasteiger partial charge in [-0.15, -0.1) is 0 Å². The zero-order valence-electron chi connectivity index (χ0n) is 19.5. The summed E-state index contributed by atoms with van der Waals surface area (Å²) in [6.45, 7) is 2.78. The number of carbonyl (C=O) groups is 1. The second-order valence-electron chi connectivity index (χ2n) is 8.83. The number of aromatic nitrogens is 1. The normalized spacial score (nSPS) is 16.7. The van der Waals surface area contributed by atoms with Crippen molar-refractivity contribution in [3.05, 3.63) is 101 Å². The lowest BCUT2D eigenvalue weighted by molar-refractivity contribution is -0.144. The van der Waals surface area contributed by atoms with Crippen LogP contribution in [0.5, 0.6) is 5.75 Å². The van der Waals surface area contributed by atoms with Crippen molar-refractivity contribution < 1.29 is 14.6 Å². The van der Waals surface area contributed by atoms with Crippen molar-refractivity contribution in [3.8, 4) is 5.75 Å². The van der Waals surface area contributed by atoms with E-state index in [-0.39, 0.29) is 6.04 Å². The van der Waals surface area contributed by atoms with Crippen LogP contribution in [-0.4, -0.2) is 59.1 Å². The lowest BCUT2D eigenvalue weighted by atomic mass is 9.96. The van der Waals surface area contributed by atoms with Crippen LogP contribution in [0.25, 0.3) is 10.9 Å². The molecular formula is C28H28ClN3O3. The first-order valence-electron chi connectivity index (χ1n) is 11.7. The molecule has 0 saturated carbocycles. The number of nitrogens with one attached hydrogen (secondary N) is 1. The van der Waals surface area contributed by atoms with E-state index in [4.69, 9.17) is 16.3 Å². The molecule has 0 radical (unpaired) electrons. The number of rotatable bonds is 7. The monoisotopic (exact) mass is 489 g/mol. The van der Waals surface area contributed by atoms with Crippen LogP contribution in [-0.2, 0) is 4.79 Å². The molecule has 4 aromatic rings. The van der Waals surface area contributed by atoms with Crippen LogP contribution in [0, 0.1) is 0 Å². The molecule has 5 rings (SSSR count). The maximum absolute atomic E-state index is 12.5. The van der Waals surface area contributed by atoms with E-state index in [0.717, 1.165) is 29.6 Å². The second-order valence-corrected chi connectivity index (χ2v) is 9.27. The highest BCUT2D eigenvalue weighted by Gasteiger charge is 2.34. The molecule has 1 fully saturated rings. The summed E-state index contributed by atoms with van der Waals surface area (Å²) in [5.41, 5.74) is 4.05. The van der Waals surface area contributed by atoms with Crippen LogP contribution in [0.15, 0.2) is 79.0 Å². The highest BCUT2D eigenvalue weighted by molar-refractivity contribution is 6.30. The topological polar surface area (TPSA) is 68.8 Å². The average Bonchev–Trinajstić information content (AvgIpc) is 3.29. The Bertz CT molecular complexity index is 1300. The molecule has 3 aromatic carbocycles. The number of methoxy groups -OCH3 is 1. The maximum Gasteiger partial charge on any atom is 0.325 e. The Kier molecular flexibility index (Phi) is 6.77. The van der Waals surface area contributed by atoms with Gasteiger partial charge in [0.1, 0.15) is 11.8 Å². The largest absolute Gasteiger partial charge is 0.497 e. The molecule has 2 heterocycles. The lowest BCUT2D eigenvalue weighted by Crippen LogP contribution is -2.50. The first-order chi connectivity index (χ1) is 17.0. The van der Waals surface area contributed by atoms with Crippen molar-refractivity contribution in [1.29, 1.82) is 0 Å². The minimum atomic E-state index is -0.848. The number of piperazine rings is 1. The summed E-state index contributed by atoms with van der Waals surface area (Å²) in [5, 5.41) is 11.8. The Labute approximate surface area is 209 Å². The van der Waals surface area contributed by atoms with Crippen LogP contribution in [0.3, 0.4) is 0 Å². The van der Waals surface area contributed by atoms with E-state index < -0.39 is 12.0 Å². The van der Waals surface area contributed by atoms with E-state index in [2.05, 4.69) is 51.2 Å². The molecule has 2 N–H and O–H groups in total. The van der Waals surface area contributed by atoms with E-state index in [1.165, 1.54) is 11.1 Å². The summed E-state index contributed by atoms with van der Waals surface area (Å²) in [5.74, 6) is -0.138. The molecule has 0 aliphatic carbocycles. The number of benzene rings is 3. The van der Waals surface area contributed by atoms with Crippen molar-refractivity contribution in [1.82, 2.24) is 14.8 Å². The molecule has 0 spiro atoms. The van der Waals surface area contributed by atoms with Crippen LogP contribution < -0.4 is 4.74 Å². The molecule has 35 heavy (non-hydrogen) atoms. The van der Waals surface area contributed by atoms with Crippen LogP contribution in [0.1, 0.15) is 28.8 Å². The number of hydrogen-bond donors (Lipinski definition) is 2. The molecular weight excluding hydrogens is 462 g/mol. The molecule has 1 aromatic heterocycles. The van der Waals surface area contributed by atoms with Gasteiger partial charge in [-0.2, -0.15) is 0 Å². The third-order valence-electron chi connectivity index (χ3n) is 6.83. The first kappa shape index (κ1) is 23.4. The van der Waals surface area contributed by atoms with Gasteiger partial charge in [0.15, 0.2) is 0 Å². The minimum Gasteiger partial charge on any atom is -0.497 e. The summed E-state index contributed by atoms with van der Waals surface area (Å²) in [4.78, 5) is 20.2. The Morgan fingerprint density at radius 3 is 2.26 bits per heavy atom. The predicted molar refractivity (Wildman–Crippen MR) is 138 cm³/mol. The van der Waals surface area contributed by atoms with Gasteiger partial charge >= 0.3 is 5.97 Å². The Morgan fingerprint density at radius 2 is 1.60 bits per heavy atom. The third kappa shape index (κ3) is 4.78. The predicted octanol–water partition coefficient (Wildman–Crippen LogP) is 5.36. The van der Waals surface area contributed by atoms with E-state index in [9.17, 15) is 9.90 Å². The summed E-state index contributed by atoms with van der Waals surface area (Å²) in [6.07, 6.45) is 1.82. The molecule has 1 aliphatic rings. The van der Waals surface area contributed by atoms with Crippen molar-refractivity contribution in [3.63, 3.8) is 0 Å². The molecule has 0 amide bonds. The van der Waals surface area contributed by atoms with E-state index in [1.807, 2.05) is 42.6 Å². The van der Waals surface area contributed by atoms with Gasteiger partial charge in [0.05, 0.1) is 13.2 Å². The van der Waals surface area contributed by atoms with E-state index in [0.29, 0.717) is 23.9 Å². The maximum atomic E-state index is 12.5. The van der Waals surface area contributed by atoms with Crippen molar-refractivity contribution >= 4 is 28.5 Å². The van der Waals surface area contributed by atoms with Gasteiger partial charge in [-0.25, -0.2) is 0 Å². The standard InChI is InChI=1S/C28H28ClN3O3/c1-35-22-11-12-25-23(17-22)24(18-30-25)27(28(33)34)32-15-13-31(14-16-32)26(19-5-3-2-4-6-19)20-7-9-21(29)10-8-20/h2-12,17-18,26-27,30H,13-16H2,1H3,(H,33,34)/t26-,27-/m1/s1. The Hall–Kier alpha value is -3.32. The van der Waals surface area contributed by atoms with Crippen LogP contribution in [0.4, 0.5) is 0 Å². The number of H-pyrrole nitrogens is 1. The SMILES string of the molecule is COc1ccc2[nH]cc([C@H](C(=O)O)N3CCN([C@H](c4ccccc4)c4ccc(Cl)cc4)CC3)c2c1. The smallest absolute Gasteiger partial charge is 0.325 e. The molecule has 7 heteroatoms. The number of aromatic amines is 1. The van der Waals surface area contributed by atoms with Gasteiger partial charge in [0.2, 0.25) is 0 Å². The molecule has 180 valence electrons. The number of aliphatic carboxylic acids is 1. The average molecular weight is 490 g/mol. The first-order valence-corrected chi connectivity index (χ1v) is 12.1. The van der Waals surface area contributed by atoms with Gasteiger partial charge in [-0.3, -0.25) is 14.6 Å². The van der Waals surface area contributed by atoms with Crippen molar-refractivity contribution in [2.45, 2.75) is 12.1 Å². The number of carboxylic acid groups (broad SMARTS) is 1.